The molecule has 3 rings (SSSR count). The van der Waals surface area contributed by atoms with Gasteiger partial charge in [0.05, 0.1) is 25.7 Å². The molecule has 0 amide bonds. The first kappa shape index (κ1) is 32.4. The monoisotopic (exact) mass is 554 g/mol. The topological polar surface area (TPSA) is 127 Å². The number of hydrogen-bond donors (Lipinski definition) is 2. The van der Waals surface area contributed by atoms with E-state index in [9.17, 15) is 27.2 Å². The van der Waals surface area contributed by atoms with E-state index in [1.54, 1.807) is 37.4 Å². The fourth-order valence-corrected chi connectivity index (χ4v) is 3.62. The van der Waals surface area contributed by atoms with Crippen LogP contribution in [0.25, 0.3) is 0 Å². The van der Waals surface area contributed by atoms with Crippen LogP contribution in [0.4, 0.5) is 23.4 Å². The zero-order chi connectivity index (χ0) is 27.8. The number of nitrogen functional groups attached to an aromatic ring is 1. The maximum atomic E-state index is 14.4. The van der Waals surface area contributed by atoms with Gasteiger partial charge in [0.2, 0.25) is 6.93 Å². The van der Waals surface area contributed by atoms with Crippen LogP contribution in [-0.2, 0) is 18.8 Å². The molecule has 10 nitrogen and oxygen atoms in total. The molecule has 1 saturated heterocycles. The molecule has 2 aromatic rings. The molecule has 2 heterocycles. The van der Waals surface area contributed by atoms with Crippen LogP contribution in [0, 0.1) is 0 Å². The van der Waals surface area contributed by atoms with E-state index in [1.807, 2.05) is 13.8 Å². The molecule has 0 radical (unpaired) electrons. The number of carbonyl (C=O) groups is 1. The molecule has 208 valence electrons. The summed E-state index contributed by atoms with van der Waals surface area (Å²) in [4.78, 5) is 26.0. The van der Waals surface area contributed by atoms with E-state index in [4.69, 9.17) is 24.3 Å². The second-order valence-corrected chi connectivity index (χ2v) is 8.73. The van der Waals surface area contributed by atoms with Crippen molar-refractivity contribution in [1.29, 1.82) is 0 Å². The third kappa shape index (κ3) is 12.0. The van der Waals surface area contributed by atoms with E-state index in [0.29, 0.717) is 18.1 Å². The summed E-state index contributed by atoms with van der Waals surface area (Å²) in [6.45, 7) is 1.67. The van der Waals surface area contributed by atoms with Gasteiger partial charge in [-0.1, -0.05) is 18.2 Å². The summed E-state index contributed by atoms with van der Waals surface area (Å²) in [5, 5.41) is 2.70. The summed E-state index contributed by atoms with van der Waals surface area (Å²) < 4.78 is 70.2. The van der Waals surface area contributed by atoms with Crippen LogP contribution in [0.3, 0.4) is 0 Å². The number of methoxy groups -OCH3 is 1. The number of rotatable bonds is 10. The summed E-state index contributed by atoms with van der Waals surface area (Å²) in [6, 6.07) is 9.91. The Morgan fingerprint density at radius 1 is 1.30 bits per heavy atom. The Labute approximate surface area is 213 Å². The number of nitrogens with two attached hydrogens (primary N) is 1. The van der Waals surface area contributed by atoms with Crippen molar-refractivity contribution in [3.8, 4) is 5.75 Å². The first-order valence-corrected chi connectivity index (χ1v) is 12.1. The minimum absolute atomic E-state index is 0.0131. The Kier molecular flexibility index (Phi) is 14.9. The lowest BCUT2D eigenvalue weighted by molar-refractivity contribution is -0.107. The summed E-state index contributed by atoms with van der Waals surface area (Å²) in [6.07, 6.45) is -1.29. The lowest BCUT2D eigenvalue weighted by atomic mass is 10.2. The van der Waals surface area contributed by atoms with Crippen LogP contribution in [0.5, 0.6) is 5.75 Å². The second-order valence-electron chi connectivity index (χ2n) is 7.46. The summed E-state index contributed by atoms with van der Waals surface area (Å²) in [5.41, 5.74) is 4.63. The van der Waals surface area contributed by atoms with Gasteiger partial charge in [-0.25, -0.2) is 27.4 Å². The van der Waals surface area contributed by atoms with Crippen LogP contribution in [-0.4, -0.2) is 61.2 Å². The molecular weight excluding hydrogens is 523 g/mol. The number of ether oxygens (including phenoxy) is 2. The first-order valence-electron chi connectivity index (χ1n) is 10.9. The van der Waals surface area contributed by atoms with Gasteiger partial charge in [0.15, 0.2) is 0 Å². The minimum Gasteiger partial charge on any atom is -0.436 e. The first-order chi connectivity index (χ1) is 17.6. The lowest BCUT2D eigenvalue weighted by Crippen LogP contribution is -2.33. The molecule has 1 aliphatic heterocycles. The molecule has 1 fully saturated rings. The van der Waals surface area contributed by atoms with Crippen molar-refractivity contribution in [2.24, 2.45) is 0 Å². The molecule has 1 aliphatic rings. The SMILES string of the molecule is COC(C)C.FCF.Nc1ccn(C2CC(F)(F)C(COP(NCC=O)Oc3ccccc3)O2)c(=O)n1. The van der Waals surface area contributed by atoms with Gasteiger partial charge in [-0.05, 0) is 32.0 Å². The van der Waals surface area contributed by atoms with Crippen molar-refractivity contribution >= 4 is 20.6 Å². The van der Waals surface area contributed by atoms with Gasteiger partial charge in [-0.15, -0.1) is 0 Å². The van der Waals surface area contributed by atoms with E-state index in [-0.39, 0.29) is 12.4 Å². The van der Waals surface area contributed by atoms with Gasteiger partial charge in [-0.3, -0.25) is 4.57 Å². The van der Waals surface area contributed by atoms with Gasteiger partial charge >= 0.3 is 14.2 Å². The van der Waals surface area contributed by atoms with Crippen LogP contribution in [0.1, 0.15) is 26.5 Å². The van der Waals surface area contributed by atoms with Crippen LogP contribution >= 0.6 is 8.53 Å². The standard InChI is InChI=1S/C17H19F2N4O5P.C4H10O.CH2F2/c18-17(19)10-15(23-8-6-14(20)22-16(23)25)27-13(17)11-26-29(21-7-9-24)28-12-4-2-1-3-5-12;1-4(2)5-3;2-1-3/h1-6,8-9,13,15,21H,7,10-11H2,(H2,20,22,25);4H,1-3H3;1H2. The number of para-hydroxylation sites is 1. The van der Waals surface area contributed by atoms with E-state index in [1.165, 1.54) is 12.3 Å². The maximum absolute atomic E-state index is 14.4. The van der Waals surface area contributed by atoms with Crippen LogP contribution in [0.15, 0.2) is 47.4 Å². The fraction of sp³-hybridized carbons (Fsp3) is 0.500. The van der Waals surface area contributed by atoms with Gasteiger partial charge in [0, 0.05) is 13.3 Å². The quantitative estimate of drug-likeness (QED) is 0.256. The van der Waals surface area contributed by atoms with Gasteiger partial charge in [-0.2, -0.15) is 4.98 Å². The highest BCUT2D eigenvalue weighted by atomic mass is 31.2. The molecule has 0 saturated carbocycles. The number of alkyl halides is 4. The zero-order valence-corrected chi connectivity index (χ0v) is 21.5. The summed E-state index contributed by atoms with van der Waals surface area (Å²) in [5.74, 6) is -2.81. The van der Waals surface area contributed by atoms with Gasteiger partial charge in [0.25, 0.3) is 5.92 Å². The molecule has 0 bridgehead atoms. The second kappa shape index (κ2) is 17.0. The van der Waals surface area contributed by atoms with E-state index < -0.39 is 52.4 Å². The van der Waals surface area contributed by atoms with Crippen molar-refractivity contribution in [1.82, 2.24) is 14.6 Å². The fourth-order valence-electron chi connectivity index (χ4n) is 2.60. The predicted octanol–water partition coefficient (Wildman–Crippen LogP) is 3.78. The molecule has 15 heteroatoms. The van der Waals surface area contributed by atoms with E-state index in [2.05, 4.69) is 10.1 Å². The van der Waals surface area contributed by atoms with Gasteiger partial charge < -0.3 is 29.0 Å². The third-order valence-corrected chi connectivity index (χ3v) is 5.65. The van der Waals surface area contributed by atoms with Crippen molar-refractivity contribution in [3.05, 3.63) is 53.1 Å². The van der Waals surface area contributed by atoms with Crippen molar-refractivity contribution in [2.75, 3.05) is 32.9 Å². The Morgan fingerprint density at radius 3 is 2.46 bits per heavy atom. The van der Waals surface area contributed by atoms with E-state index >= 15 is 0 Å². The van der Waals surface area contributed by atoms with Crippen molar-refractivity contribution < 1.29 is 40.9 Å². The molecule has 1 aromatic heterocycles. The zero-order valence-electron chi connectivity index (χ0n) is 20.6. The predicted molar refractivity (Wildman–Crippen MR) is 130 cm³/mol. The number of nitrogens with one attached hydrogen (secondary N) is 1. The average molecular weight is 554 g/mol. The smallest absolute Gasteiger partial charge is 0.351 e. The molecule has 0 spiro atoms. The number of aldehydes is 1. The lowest BCUT2D eigenvalue weighted by Gasteiger charge is -2.22. The molecule has 0 aliphatic carbocycles. The summed E-state index contributed by atoms with van der Waals surface area (Å²) in [7, 11) is -0.172. The molecule has 3 unspecified atom stereocenters. The van der Waals surface area contributed by atoms with Crippen LogP contribution in [0.2, 0.25) is 0 Å². The van der Waals surface area contributed by atoms with Crippen molar-refractivity contribution in [3.63, 3.8) is 0 Å². The van der Waals surface area contributed by atoms with Crippen LogP contribution < -0.4 is 21.0 Å². The number of nitrogens with zero attached hydrogens (tertiary/aromatic N) is 2. The Morgan fingerprint density at radius 2 is 1.92 bits per heavy atom. The molecule has 1 aromatic carbocycles. The number of hydrogen-bond acceptors (Lipinski definition) is 9. The summed E-state index contributed by atoms with van der Waals surface area (Å²) >= 11 is 0. The Balaban J connectivity index is 0.000000751. The Hall–Kier alpha value is -2.64. The number of benzene rings is 1. The number of anilines is 1. The van der Waals surface area contributed by atoms with Gasteiger partial charge in [0.1, 0.15) is 30.2 Å². The number of halogens is 4. The molecule has 3 atom stereocenters. The molecule has 37 heavy (non-hydrogen) atoms. The highest BCUT2D eigenvalue weighted by molar-refractivity contribution is 7.45. The van der Waals surface area contributed by atoms with Crippen molar-refractivity contribution in [2.45, 2.75) is 44.6 Å². The average Bonchev–Trinajstić information content (AvgIpc) is 3.16. The van der Waals surface area contributed by atoms with E-state index in [0.717, 1.165) is 4.57 Å². The third-order valence-electron chi connectivity index (χ3n) is 4.45. The largest absolute Gasteiger partial charge is 0.436 e. The normalized spacial score (nSPS) is 18.7. The number of carbonyl (C=O) groups excluding carboxylic acids is 1. The number of aromatic nitrogens is 2. The minimum atomic E-state index is -3.25. The molecular formula is C22H31F4N4O6P. The molecule has 3 N–H and O–H groups in total. The maximum Gasteiger partial charge on any atom is 0.351 e. The highest BCUT2D eigenvalue weighted by Gasteiger charge is 2.51. The highest BCUT2D eigenvalue weighted by Crippen LogP contribution is 2.43. The Bertz CT molecular complexity index is 974.